The van der Waals surface area contributed by atoms with Gasteiger partial charge in [0.2, 0.25) is 0 Å². The number of hydrogen-bond donors (Lipinski definition) is 3. The number of fused-ring (bicyclic) bond motifs is 1. The Bertz CT molecular complexity index is 1730. The normalized spacial score (nSPS) is 18.1. The van der Waals surface area contributed by atoms with Gasteiger partial charge in [-0.2, -0.15) is 0 Å². The Morgan fingerprint density at radius 3 is 2.33 bits per heavy atom. The number of aliphatic hydroxyl groups is 1. The zero-order valence-corrected chi connectivity index (χ0v) is 23.0. The molecule has 3 N–H and O–H groups in total. The fourth-order valence-corrected chi connectivity index (χ4v) is 4.90. The third kappa shape index (κ3) is 4.66. The Labute approximate surface area is 228 Å². The monoisotopic (exact) mass is 553 g/mol. The van der Waals surface area contributed by atoms with Gasteiger partial charge in [0, 0.05) is 36.2 Å². The first-order valence-electron chi connectivity index (χ1n) is 12.8. The number of amides is 1. The molecule has 1 aliphatic carbocycles. The molecule has 1 atom stereocenters. The van der Waals surface area contributed by atoms with Gasteiger partial charge in [0.1, 0.15) is 34.1 Å². The molecule has 1 fully saturated rings. The number of nitrogens with one attached hydrogen (secondary N) is 2. The van der Waals surface area contributed by atoms with E-state index in [9.17, 15) is 27.9 Å². The van der Waals surface area contributed by atoms with Gasteiger partial charge >= 0.3 is 0 Å². The lowest BCUT2D eigenvalue weighted by atomic mass is 9.93. The first-order valence-corrected chi connectivity index (χ1v) is 12.8. The molecule has 1 saturated carbocycles. The predicted molar refractivity (Wildman–Crippen MR) is 146 cm³/mol. The molecule has 1 unspecified atom stereocenters. The molecule has 4 aromatic rings. The highest BCUT2D eigenvalue weighted by Gasteiger charge is 2.69. The molecular formula is C30H30F3N3O4. The standard InChI is InChI=1S/C30H30F3N3O4/c1-15-9-18(31)10-16(2)25(15)40-23-8-7-17(28(3,4)39)11-19(23)21-13-36(6)27(38)24-20(21)12-22(34-24)26(37)35-29(5)14-30(29,32)33/h7-13,34,39H,14H2,1-6H3,(H,35,37). The summed E-state index contributed by atoms with van der Waals surface area (Å²) in [5, 5.41) is 13.5. The van der Waals surface area contributed by atoms with Crippen molar-refractivity contribution >= 4 is 16.8 Å². The van der Waals surface area contributed by atoms with Crippen LogP contribution in [0.15, 0.2) is 47.4 Å². The van der Waals surface area contributed by atoms with E-state index < -0.39 is 40.8 Å². The van der Waals surface area contributed by atoms with Crippen LogP contribution in [0.5, 0.6) is 11.5 Å². The number of halogens is 3. The second kappa shape index (κ2) is 8.99. The van der Waals surface area contributed by atoms with E-state index in [1.165, 1.54) is 29.7 Å². The number of nitrogens with zero attached hydrogens (tertiary/aromatic N) is 1. The van der Waals surface area contributed by atoms with Gasteiger partial charge in [-0.3, -0.25) is 9.59 Å². The number of rotatable bonds is 6. The number of aromatic amines is 1. The highest BCUT2D eigenvalue weighted by atomic mass is 19.3. The third-order valence-electron chi connectivity index (χ3n) is 7.47. The lowest BCUT2D eigenvalue weighted by molar-refractivity contribution is 0.0709. The van der Waals surface area contributed by atoms with Gasteiger partial charge in [-0.15, -0.1) is 0 Å². The topological polar surface area (TPSA) is 96.3 Å². The SMILES string of the molecule is Cc1cc(F)cc(C)c1Oc1ccc(C(C)(C)O)cc1-c1cn(C)c(=O)c2[nH]c(C(=O)NC3(C)CC3(F)F)cc12. The van der Waals surface area contributed by atoms with Gasteiger partial charge in [0.15, 0.2) is 0 Å². The van der Waals surface area contributed by atoms with Gasteiger partial charge < -0.3 is 24.7 Å². The van der Waals surface area contributed by atoms with Crippen LogP contribution in [0.2, 0.25) is 0 Å². The van der Waals surface area contributed by atoms with E-state index in [2.05, 4.69) is 10.3 Å². The van der Waals surface area contributed by atoms with E-state index in [0.717, 1.165) is 0 Å². The summed E-state index contributed by atoms with van der Waals surface area (Å²) < 4.78 is 49.1. The Hall–Kier alpha value is -4.05. The molecule has 0 radical (unpaired) electrons. The Morgan fingerprint density at radius 2 is 1.75 bits per heavy atom. The minimum absolute atomic E-state index is 0.0465. The summed E-state index contributed by atoms with van der Waals surface area (Å²) in [6, 6.07) is 9.27. The van der Waals surface area contributed by atoms with Gasteiger partial charge in [0.05, 0.1) is 5.60 Å². The van der Waals surface area contributed by atoms with Crippen molar-refractivity contribution in [2.45, 2.75) is 58.1 Å². The number of benzene rings is 2. The van der Waals surface area contributed by atoms with E-state index >= 15 is 0 Å². The molecule has 5 rings (SSSR count). The molecule has 1 aliphatic rings. The van der Waals surface area contributed by atoms with Crippen molar-refractivity contribution in [1.29, 1.82) is 0 Å². The molecule has 210 valence electrons. The fourth-order valence-electron chi connectivity index (χ4n) is 4.90. The van der Waals surface area contributed by atoms with Crippen LogP contribution < -0.4 is 15.6 Å². The molecule has 2 aromatic heterocycles. The van der Waals surface area contributed by atoms with E-state index in [1.54, 1.807) is 59.1 Å². The fraction of sp³-hybridized carbons (Fsp3) is 0.333. The quantitative estimate of drug-likeness (QED) is 0.280. The van der Waals surface area contributed by atoms with Gasteiger partial charge in [-0.05, 0) is 81.6 Å². The third-order valence-corrected chi connectivity index (χ3v) is 7.47. The highest BCUT2D eigenvalue weighted by molar-refractivity contribution is 6.03. The van der Waals surface area contributed by atoms with E-state index in [4.69, 9.17) is 4.74 Å². The maximum absolute atomic E-state index is 14.0. The second-order valence-electron chi connectivity index (χ2n) is 11.3. The first-order chi connectivity index (χ1) is 18.5. The lowest BCUT2D eigenvalue weighted by Crippen LogP contribution is -2.39. The molecule has 40 heavy (non-hydrogen) atoms. The number of alkyl halides is 2. The van der Waals surface area contributed by atoms with Crippen molar-refractivity contribution in [2.75, 3.05) is 0 Å². The Morgan fingerprint density at radius 1 is 1.12 bits per heavy atom. The molecule has 0 bridgehead atoms. The van der Waals surface area contributed by atoms with Crippen LogP contribution in [-0.2, 0) is 12.6 Å². The average Bonchev–Trinajstić information content (AvgIpc) is 3.15. The largest absolute Gasteiger partial charge is 0.456 e. The van der Waals surface area contributed by atoms with Crippen molar-refractivity contribution in [2.24, 2.45) is 7.05 Å². The summed E-state index contributed by atoms with van der Waals surface area (Å²) in [5.41, 5.74) is -0.539. The zero-order chi connectivity index (χ0) is 29.4. The van der Waals surface area contributed by atoms with Crippen LogP contribution in [0, 0.1) is 19.7 Å². The summed E-state index contributed by atoms with van der Waals surface area (Å²) in [5.74, 6) is -3.34. The van der Waals surface area contributed by atoms with Crippen LogP contribution in [0.4, 0.5) is 13.2 Å². The zero-order valence-electron chi connectivity index (χ0n) is 23.0. The van der Waals surface area contributed by atoms with E-state index in [0.29, 0.717) is 44.7 Å². The number of aryl methyl sites for hydroxylation is 3. The summed E-state index contributed by atoms with van der Waals surface area (Å²) in [6.45, 7) is 7.97. The summed E-state index contributed by atoms with van der Waals surface area (Å²) in [6.07, 6.45) is 1.11. The maximum Gasteiger partial charge on any atom is 0.274 e. The van der Waals surface area contributed by atoms with Gasteiger partial charge in [-0.1, -0.05) is 6.07 Å². The number of ether oxygens (including phenoxy) is 1. The van der Waals surface area contributed by atoms with Crippen molar-refractivity contribution in [1.82, 2.24) is 14.9 Å². The molecule has 7 nitrogen and oxygen atoms in total. The summed E-state index contributed by atoms with van der Waals surface area (Å²) in [7, 11) is 1.55. The molecular weight excluding hydrogens is 523 g/mol. The van der Waals surface area contributed by atoms with Crippen molar-refractivity contribution in [3.63, 3.8) is 0 Å². The molecule has 2 aromatic carbocycles. The second-order valence-corrected chi connectivity index (χ2v) is 11.3. The summed E-state index contributed by atoms with van der Waals surface area (Å²) in [4.78, 5) is 28.8. The summed E-state index contributed by atoms with van der Waals surface area (Å²) >= 11 is 0. The lowest BCUT2D eigenvalue weighted by Gasteiger charge is -2.22. The molecule has 0 spiro atoms. The van der Waals surface area contributed by atoms with E-state index in [1.807, 2.05) is 0 Å². The van der Waals surface area contributed by atoms with Crippen LogP contribution in [0.25, 0.3) is 22.0 Å². The maximum atomic E-state index is 14.0. The van der Waals surface area contributed by atoms with Crippen molar-refractivity contribution < 1.29 is 27.8 Å². The minimum atomic E-state index is -3.00. The van der Waals surface area contributed by atoms with Crippen LogP contribution in [-0.4, -0.2) is 32.0 Å². The predicted octanol–water partition coefficient (Wildman–Crippen LogP) is 5.84. The van der Waals surface area contributed by atoms with Gasteiger partial charge in [0.25, 0.3) is 17.4 Å². The molecule has 10 heteroatoms. The van der Waals surface area contributed by atoms with Crippen molar-refractivity contribution in [3.8, 4) is 22.6 Å². The van der Waals surface area contributed by atoms with Crippen LogP contribution in [0.1, 0.15) is 54.4 Å². The molecule has 0 aliphatic heterocycles. The average molecular weight is 554 g/mol. The smallest absolute Gasteiger partial charge is 0.274 e. The number of aromatic nitrogens is 2. The first kappa shape index (κ1) is 27.5. The number of pyridine rings is 1. The molecule has 2 heterocycles. The number of hydrogen-bond acceptors (Lipinski definition) is 4. The number of carbonyl (C=O) groups is 1. The van der Waals surface area contributed by atoms with Gasteiger partial charge in [-0.25, -0.2) is 13.2 Å². The number of carbonyl (C=O) groups excluding carboxylic acids is 1. The number of H-pyrrole nitrogens is 1. The van der Waals surface area contributed by atoms with Crippen LogP contribution in [0.3, 0.4) is 0 Å². The molecule has 0 saturated heterocycles. The van der Waals surface area contributed by atoms with E-state index in [-0.39, 0.29) is 11.2 Å². The Balaban J connectivity index is 1.69. The molecule has 1 amide bonds. The highest BCUT2D eigenvalue weighted by Crippen LogP contribution is 2.52. The Kier molecular flexibility index (Phi) is 6.18. The van der Waals surface area contributed by atoms with Crippen LogP contribution >= 0.6 is 0 Å². The van der Waals surface area contributed by atoms with Crippen molar-refractivity contribution in [3.05, 3.63) is 81.2 Å². The minimum Gasteiger partial charge on any atom is -0.456 e.